The van der Waals surface area contributed by atoms with E-state index in [0.29, 0.717) is 34.3 Å². The van der Waals surface area contributed by atoms with E-state index in [9.17, 15) is 22.0 Å². The monoisotopic (exact) mass is 581 g/mol. The van der Waals surface area contributed by atoms with Crippen LogP contribution >= 0.6 is 15.9 Å². The number of nitrogens with zero attached hydrogens (tertiary/aromatic N) is 1. The van der Waals surface area contributed by atoms with Gasteiger partial charge in [-0.2, -0.15) is 0 Å². The molecule has 1 saturated carbocycles. The minimum absolute atomic E-state index is 0.0839. The van der Waals surface area contributed by atoms with Crippen LogP contribution in [-0.2, 0) is 25.8 Å². The third-order valence-electron chi connectivity index (χ3n) is 5.66. The Labute approximate surface area is 220 Å². The van der Waals surface area contributed by atoms with E-state index in [4.69, 9.17) is 4.74 Å². The summed E-state index contributed by atoms with van der Waals surface area (Å²) in [6.07, 6.45) is 1.35. The minimum Gasteiger partial charge on any atom is -0.460 e. The van der Waals surface area contributed by atoms with Crippen LogP contribution < -0.4 is 0 Å². The average molecular weight is 583 g/mol. The van der Waals surface area contributed by atoms with Crippen molar-refractivity contribution in [2.75, 3.05) is 0 Å². The second-order valence-corrected chi connectivity index (χ2v) is 14.2. The van der Waals surface area contributed by atoms with Crippen LogP contribution in [-0.4, -0.2) is 35.0 Å². The molecule has 0 saturated heterocycles. The Bertz CT molecular complexity index is 1300. The molecule has 1 heterocycles. The van der Waals surface area contributed by atoms with Gasteiger partial charge in [0.05, 0.1) is 17.4 Å². The van der Waals surface area contributed by atoms with Crippen molar-refractivity contribution in [1.82, 2.24) is 4.98 Å². The molecule has 0 N–H and O–H groups in total. The standard InChI is InChI=1S/C27H30BrF2NO4S/c1-26(2,3)35-24(32)15-18(12-17-13-19(29)16-20(30)14-17)25-23(28)9-6-21(31-25)10-11-27(4,5)36(33,34)22-7-8-22/h6,9,13-14,16,18,22H,7-8,12,15H2,1-5H3/t18-/m1/s1. The predicted molar refractivity (Wildman–Crippen MR) is 138 cm³/mol. The first-order chi connectivity index (χ1) is 16.6. The Morgan fingerprint density at radius 2 is 1.75 bits per heavy atom. The molecular formula is C27H30BrF2NO4S. The highest BCUT2D eigenvalue weighted by Gasteiger charge is 2.45. The van der Waals surface area contributed by atoms with Gasteiger partial charge in [-0.05, 0) is 106 Å². The van der Waals surface area contributed by atoms with Crippen molar-refractivity contribution in [1.29, 1.82) is 0 Å². The number of pyridine rings is 1. The fourth-order valence-electron chi connectivity index (χ4n) is 3.76. The van der Waals surface area contributed by atoms with Crippen LogP contribution in [0.5, 0.6) is 0 Å². The highest BCUT2D eigenvalue weighted by atomic mass is 79.9. The summed E-state index contributed by atoms with van der Waals surface area (Å²) >= 11 is 3.47. The summed E-state index contributed by atoms with van der Waals surface area (Å²) in [5.74, 6) is 3.23. The van der Waals surface area contributed by atoms with Crippen LogP contribution in [0.25, 0.3) is 0 Å². The highest BCUT2D eigenvalue weighted by molar-refractivity contribution is 9.10. The molecule has 1 aliphatic rings. The van der Waals surface area contributed by atoms with Gasteiger partial charge in [-0.1, -0.05) is 5.92 Å². The lowest BCUT2D eigenvalue weighted by Crippen LogP contribution is -2.33. The van der Waals surface area contributed by atoms with Crippen LogP contribution in [0.1, 0.15) is 76.8 Å². The second kappa shape index (κ2) is 10.6. The Morgan fingerprint density at radius 1 is 1.14 bits per heavy atom. The number of esters is 1. The van der Waals surface area contributed by atoms with E-state index in [0.717, 1.165) is 6.07 Å². The van der Waals surface area contributed by atoms with Crippen molar-refractivity contribution in [2.45, 2.75) is 81.8 Å². The van der Waals surface area contributed by atoms with Crippen LogP contribution in [0.3, 0.4) is 0 Å². The number of aromatic nitrogens is 1. The van der Waals surface area contributed by atoms with E-state index >= 15 is 0 Å². The molecule has 1 fully saturated rings. The van der Waals surface area contributed by atoms with Gasteiger partial charge in [-0.25, -0.2) is 22.2 Å². The molecular weight excluding hydrogens is 552 g/mol. The molecule has 5 nitrogen and oxygen atoms in total. The smallest absolute Gasteiger partial charge is 0.306 e. The molecule has 0 radical (unpaired) electrons. The zero-order valence-corrected chi connectivity index (χ0v) is 23.4. The van der Waals surface area contributed by atoms with Crippen LogP contribution in [0.4, 0.5) is 8.78 Å². The highest BCUT2D eigenvalue weighted by Crippen LogP contribution is 2.36. The fourth-order valence-corrected chi connectivity index (χ4v) is 6.09. The van der Waals surface area contributed by atoms with Gasteiger partial charge in [-0.15, -0.1) is 0 Å². The van der Waals surface area contributed by atoms with Gasteiger partial charge in [0.15, 0.2) is 9.84 Å². The minimum atomic E-state index is -3.40. The van der Waals surface area contributed by atoms with E-state index in [1.54, 1.807) is 46.8 Å². The number of carbonyl (C=O) groups is 1. The summed E-state index contributed by atoms with van der Waals surface area (Å²) in [7, 11) is -3.40. The van der Waals surface area contributed by atoms with Crippen molar-refractivity contribution >= 4 is 31.7 Å². The van der Waals surface area contributed by atoms with E-state index < -0.39 is 43.7 Å². The maximum Gasteiger partial charge on any atom is 0.306 e. The van der Waals surface area contributed by atoms with Crippen LogP contribution in [0, 0.1) is 23.5 Å². The van der Waals surface area contributed by atoms with Crippen molar-refractivity contribution in [3.8, 4) is 11.8 Å². The van der Waals surface area contributed by atoms with E-state index in [1.807, 2.05) is 0 Å². The topological polar surface area (TPSA) is 73.3 Å². The molecule has 0 amide bonds. The van der Waals surface area contributed by atoms with Gasteiger partial charge >= 0.3 is 5.97 Å². The lowest BCUT2D eigenvalue weighted by molar-refractivity contribution is -0.155. The zero-order valence-electron chi connectivity index (χ0n) is 21.0. The zero-order chi connectivity index (χ0) is 26.9. The van der Waals surface area contributed by atoms with Gasteiger partial charge < -0.3 is 4.74 Å². The number of rotatable bonds is 7. The Morgan fingerprint density at radius 3 is 2.31 bits per heavy atom. The van der Waals surface area contributed by atoms with Crippen LogP contribution in [0.2, 0.25) is 0 Å². The molecule has 0 aliphatic heterocycles. The molecule has 0 spiro atoms. The Hall–Kier alpha value is -2.31. The summed E-state index contributed by atoms with van der Waals surface area (Å²) in [4.78, 5) is 17.3. The van der Waals surface area contributed by atoms with Crippen molar-refractivity contribution in [2.24, 2.45) is 0 Å². The molecule has 1 atom stereocenters. The molecule has 1 aromatic carbocycles. The Balaban J connectivity index is 1.97. The molecule has 1 aromatic heterocycles. The molecule has 9 heteroatoms. The normalized spacial score (nSPS) is 15.1. The van der Waals surface area contributed by atoms with E-state index in [1.165, 1.54) is 12.1 Å². The van der Waals surface area contributed by atoms with Gasteiger partial charge in [-0.3, -0.25) is 4.79 Å². The first-order valence-corrected chi connectivity index (χ1v) is 14.0. The lowest BCUT2D eigenvalue weighted by Gasteiger charge is -2.23. The largest absolute Gasteiger partial charge is 0.460 e. The number of benzene rings is 1. The summed E-state index contributed by atoms with van der Waals surface area (Å²) < 4.78 is 58.0. The number of halogens is 3. The van der Waals surface area contributed by atoms with Gasteiger partial charge in [0.25, 0.3) is 0 Å². The second-order valence-electron chi connectivity index (χ2n) is 10.5. The third kappa shape index (κ3) is 7.36. The summed E-state index contributed by atoms with van der Waals surface area (Å²) in [5.41, 5.74) is 0.443. The summed E-state index contributed by atoms with van der Waals surface area (Å²) in [6, 6.07) is 6.58. The number of ether oxygens (including phenoxy) is 1. The maximum atomic E-state index is 13.9. The SMILES string of the molecule is CC(C)(C)OC(=O)C[C@@H](Cc1cc(F)cc(F)c1)c1nc(C#CC(C)(C)S(=O)(=O)C2CC2)ccc1Br. The number of hydrogen-bond donors (Lipinski definition) is 0. The maximum absolute atomic E-state index is 13.9. The quantitative estimate of drug-likeness (QED) is 0.301. The molecule has 0 unspecified atom stereocenters. The lowest BCUT2D eigenvalue weighted by atomic mass is 9.92. The average Bonchev–Trinajstić information content (AvgIpc) is 3.56. The molecule has 0 bridgehead atoms. The number of sulfone groups is 1. The first kappa shape index (κ1) is 28.3. The van der Waals surface area contributed by atoms with Gasteiger partial charge in [0, 0.05) is 16.5 Å². The molecule has 194 valence electrons. The molecule has 36 heavy (non-hydrogen) atoms. The predicted octanol–water partition coefficient (Wildman–Crippen LogP) is 5.89. The van der Waals surface area contributed by atoms with Crippen molar-refractivity contribution in [3.63, 3.8) is 0 Å². The van der Waals surface area contributed by atoms with Gasteiger partial charge in [0.1, 0.15) is 27.7 Å². The van der Waals surface area contributed by atoms with Crippen LogP contribution in [0.15, 0.2) is 34.8 Å². The third-order valence-corrected chi connectivity index (χ3v) is 9.21. The van der Waals surface area contributed by atoms with Gasteiger partial charge in [0.2, 0.25) is 0 Å². The van der Waals surface area contributed by atoms with Crippen molar-refractivity contribution < 1.29 is 26.7 Å². The number of hydrogen-bond acceptors (Lipinski definition) is 5. The summed E-state index contributed by atoms with van der Waals surface area (Å²) in [6.45, 7) is 8.42. The number of carbonyl (C=O) groups excluding carboxylic acids is 1. The first-order valence-electron chi connectivity index (χ1n) is 11.7. The molecule has 3 rings (SSSR count). The van der Waals surface area contributed by atoms with E-state index in [2.05, 4.69) is 32.8 Å². The van der Waals surface area contributed by atoms with Crippen molar-refractivity contribution in [3.05, 3.63) is 63.4 Å². The molecule has 1 aliphatic carbocycles. The summed E-state index contributed by atoms with van der Waals surface area (Å²) in [5, 5.41) is -0.347. The molecule has 2 aromatic rings. The van der Waals surface area contributed by atoms with E-state index in [-0.39, 0.29) is 18.1 Å². The fraction of sp³-hybridized carbons (Fsp3) is 0.481. The Kier molecular flexibility index (Phi) is 8.31.